The summed E-state index contributed by atoms with van der Waals surface area (Å²) in [6.45, 7) is 0. The van der Waals surface area contributed by atoms with Crippen molar-refractivity contribution in [3.63, 3.8) is 0 Å². The standard InChI is InChI=1S/C15H20N2O3S/c1-20-15(19)13-11(6-7-21-13)17-14(18)12-8-9-4-2-3-5-10(9)16-12/h6-7,9-10,12,16H,2-5,8H2,1H3,(H,17,18). The number of fused-ring (bicyclic) bond motifs is 1. The average Bonchev–Trinajstić information content (AvgIpc) is 3.12. The van der Waals surface area contributed by atoms with E-state index in [1.165, 1.54) is 44.1 Å². The third-order valence-electron chi connectivity index (χ3n) is 4.47. The highest BCUT2D eigenvalue weighted by molar-refractivity contribution is 7.12. The van der Waals surface area contributed by atoms with Crippen molar-refractivity contribution >= 4 is 28.9 Å². The predicted octanol–water partition coefficient (Wildman–Crippen LogP) is 2.39. The number of amides is 1. The third-order valence-corrected chi connectivity index (χ3v) is 5.37. The normalized spacial score (nSPS) is 28.0. The van der Waals surface area contributed by atoms with E-state index in [1.54, 1.807) is 11.4 Å². The first-order valence-corrected chi connectivity index (χ1v) is 8.29. The molecule has 5 nitrogen and oxygen atoms in total. The molecule has 2 heterocycles. The molecule has 114 valence electrons. The number of ether oxygens (including phenoxy) is 1. The zero-order valence-electron chi connectivity index (χ0n) is 12.1. The molecule has 3 rings (SSSR count). The lowest BCUT2D eigenvalue weighted by molar-refractivity contribution is -0.117. The summed E-state index contributed by atoms with van der Waals surface area (Å²) in [6.07, 6.45) is 5.80. The van der Waals surface area contributed by atoms with Crippen molar-refractivity contribution in [3.8, 4) is 0 Å². The van der Waals surface area contributed by atoms with Crippen LogP contribution in [-0.2, 0) is 9.53 Å². The van der Waals surface area contributed by atoms with E-state index < -0.39 is 5.97 Å². The van der Waals surface area contributed by atoms with Gasteiger partial charge in [-0.15, -0.1) is 11.3 Å². The van der Waals surface area contributed by atoms with Gasteiger partial charge >= 0.3 is 5.97 Å². The molecule has 3 atom stereocenters. The molecule has 6 heteroatoms. The number of carbonyl (C=O) groups is 2. The Morgan fingerprint density at radius 2 is 2.19 bits per heavy atom. The minimum absolute atomic E-state index is 0.0482. The van der Waals surface area contributed by atoms with Gasteiger partial charge in [-0.2, -0.15) is 0 Å². The van der Waals surface area contributed by atoms with Gasteiger partial charge in [0.2, 0.25) is 5.91 Å². The Hall–Kier alpha value is -1.40. The molecule has 1 aromatic heterocycles. The summed E-state index contributed by atoms with van der Waals surface area (Å²) in [4.78, 5) is 24.5. The molecular formula is C15H20N2O3S. The largest absolute Gasteiger partial charge is 0.465 e. The first-order valence-electron chi connectivity index (χ1n) is 7.41. The van der Waals surface area contributed by atoms with Gasteiger partial charge in [0.05, 0.1) is 18.8 Å². The quantitative estimate of drug-likeness (QED) is 0.841. The van der Waals surface area contributed by atoms with Gasteiger partial charge < -0.3 is 15.4 Å². The van der Waals surface area contributed by atoms with Crippen molar-refractivity contribution in [1.29, 1.82) is 0 Å². The zero-order chi connectivity index (χ0) is 14.8. The van der Waals surface area contributed by atoms with E-state index in [0.717, 1.165) is 6.42 Å². The predicted molar refractivity (Wildman–Crippen MR) is 81.6 cm³/mol. The lowest BCUT2D eigenvalue weighted by Crippen LogP contribution is -2.40. The molecule has 1 saturated carbocycles. The second-order valence-corrected chi connectivity index (χ2v) is 6.67. The number of nitrogens with one attached hydrogen (secondary N) is 2. The van der Waals surface area contributed by atoms with Crippen LogP contribution in [0, 0.1) is 5.92 Å². The molecule has 0 aromatic carbocycles. The Kier molecular flexibility index (Phi) is 4.26. The van der Waals surface area contributed by atoms with Gasteiger partial charge in [0.15, 0.2) is 0 Å². The van der Waals surface area contributed by atoms with Crippen LogP contribution in [-0.4, -0.2) is 31.1 Å². The van der Waals surface area contributed by atoms with Crippen molar-refractivity contribution in [2.24, 2.45) is 5.92 Å². The second-order valence-electron chi connectivity index (χ2n) is 5.75. The van der Waals surface area contributed by atoms with Crippen molar-refractivity contribution in [1.82, 2.24) is 5.32 Å². The van der Waals surface area contributed by atoms with E-state index in [9.17, 15) is 9.59 Å². The molecule has 2 fully saturated rings. The SMILES string of the molecule is COC(=O)c1sccc1NC(=O)C1CC2CCCCC2N1. The molecular weight excluding hydrogens is 288 g/mol. The van der Waals surface area contributed by atoms with Crippen LogP contribution in [0.4, 0.5) is 5.69 Å². The van der Waals surface area contributed by atoms with Crippen LogP contribution in [0.5, 0.6) is 0 Å². The monoisotopic (exact) mass is 308 g/mol. The lowest BCUT2D eigenvalue weighted by Gasteiger charge is -2.24. The van der Waals surface area contributed by atoms with Gasteiger partial charge in [-0.3, -0.25) is 4.79 Å². The number of hydrogen-bond acceptors (Lipinski definition) is 5. The Morgan fingerprint density at radius 1 is 1.38 bits per heavy atom. The number of thiophene rings is 1. The number of esters is 1. The molecule has 2 aliphatic rings. The first-order chi connectivity index (χ1) is 10.2. The van der Waals surface area contributed by atoms with Crippen LogP contribution >= 0.6 is 11.3 Å². The van der Waals surface area contributed by atoms with E-state index in [2.05, 4.69) is 10.6 Å². The van der Waals surface area contributed by atoms with Gasteiger partial charge in [-0.25, -0.2) is 4.79 Å². The van der Waals surface area contributed by atoms with Gasteiger partial charge in [0.25, 0.3) is 0 Å². The molecule has 2 N–H and O–H groups in total. The summed E-state index contributed by atoms with van der Waals surface area (Å²) in [6, 6.07) is 2.08. The van der Waals surface area contributed by atoms with Crippen LogP contribution in [0.2, 0.25) is 0 Å². The highest BCUT2D eigenvalue weighted by Gasteiger charge is 2.38. The number of rotatable bonds is 3. The number of anilines is 1. The fraction of sp³-hybridized carbons (Fsp3) is 0.600. The molecule has 1 aromatic rings. The number of carbonyl (C=O) groups excluding carboxylic acids is 2. The summed E-state index contributed by atoms with van der Waals surface area (Å²) in [5.74, 6) is 0.165. The molecule has 0 spiro atoms. The van der Waals surface area contributed by atoms with Crippen LogP contribution in [0.25, 0.3) is 0 Å². The lowest BCUT2D eigenvalue weighted by atomic mass is 9.85. The first kappa shape index (κ1) is 14.5. The number of hydrogen-bond donors (Lipinski definition) is 2. The Labute approximate surface area is 128 Å². The highest BCUT2D eigenvalue weighted by atomic mass is 32.1. The molecule has 3 unspecified atom stereocenters. The van der Waals surface area contributed by atoms with Gasteiger partial charge in [-0.1, -0.05) is 12.8 Å². The van der Waals surface area contributed by atoms with Crippen molar-refractivity contribution < 1.29 is 14.3 Å². The van der Waals surface area contributed by atoms with Crippen LogP contribution < -0.4 is 10.6 Å². The molecule has 0 radical (unpaired) electrons. The molecule has 1 aliphatic carbocycles. The van der Waals surface area contributed by atoms with Crippen LogP contribution in [0.15, 0.2) is 11.4 Å². The highest BCUT2D eigenvalue weighted by Crippen LogP contribution is 2.33. The van der Waals surface area contributed by atoms with E-state index in [1.807, 2.05) is 0 Å². The minimum Gasteiger partial charge on any atom is -0.465 e. The maximum absolute atomic E-state index is 12.4. The molecule has 21 heavy (non-hydrogen) atoms. The maximum atomic E-state index is 12.4. The minimum atomic E-state index is -0.409. The van der Waals surface area contributed by atoms with Gasteiger partial charge in [-0.05, 0) is 36.6 Å². The third kappa shape index (κ3) is 2.96. The fourth-order valence-corrected chi connectivity index (χ4v) is 4.17. The molecule has 1 amide bonds. The van der Waals surface area contributed by atoms with Gasteiger partial charge in [0.1, 0.15) is 4.88 Å². The van der Waals surface area contributed by atoms with Crippen LogP contribution in [0.1, 0.15) is 41.8 Å². The fourth-order valence-electron chi connectivity index (χ4n) is 3.40. The van der Waals surface area contributed by atoms with Crippen molar-refractivity contribution in [3.05, 3.63) is 16.3 Å². The van der Waals surface area contributed by atoms with Crippen LogP contribution in [0.3, 0.4) is 0 Å². The van der Waals surface area contributed by atoms with E-state index >= 15 is 0 Å². The van der Waals surface area contributed by atoms with E-state index in [-0.39, 0.29) is 11.9 Å². The summed E-state index contributed by atoms with van der Waals surface area (Å²) in [5, 5.41) is 8.09. The van der Waals surface area contributed by atoms with Crippen molar-refractivity contribution in [2.75, 3.05) is 12.4 Å². The summed E-state index contributed by atoms with van der Waals surface area (Å²) < 4.78 is 4.72. The topological polar surface area (TPSA) is 67.4 Å². The van der Waals surface area contributed by atoms with Crippen molar-refractivity contribution in [2.45, 2.75) is 44.2 Å². The van der Waals surface area contributed by atoms with Gasteiger partial charge in [0, 0.05) is 6.04 Å². The summed E-state index contributed by atoms with van der Waals surface area (Å²) >= 11 is 1.28. The maximum Gasteiger partial charge on any atom is 0.350 e. The summed E-state index contributed by atoms with van der Waals surface area (Å²) in [7, 11) is 1.34. The Balaban J connectivity index is 1.64. The Morgan fingerprint density at radius 3 is 2.95 bits per heavy atom. The second kappa shape index (κ2) is 6.15. The summed E-state index contributed by atoms with van der Waals surface area (Å²) in [5.41, 5.74) is 0.550. The van der Waals surface area contributed by atoms with E-state index in [4.69, 9.17) is 4.74 Å². The molecule has 1 saturated heterocycles. The smallest absolute Gasteiger partial charge is 0.350 e. The molecule has 0 bridgehead atoms. The molecule has 1 aliphatic heterocycles. The number of methoxy groups -OCH3 is 1. The average molecular weight is 308 g/mol. The van der Waals surface area contributed by atoms with E-state index in [0.29, 0.717) is 22.5 Å². The Bertz CT molecular complexity index is 529. The zero-order valence-corrected chi connectivity index (χ0v) is 12.9.